The molecule has 1 aromatic heterocycles. The molecule has 0 bridgehead atoms. The van der Waals surface area contributed by atoms with E-state index >= 15 is 0 Å². The van der Waals surface area contributed by atoms with Crippen LogP contribution in [-0.2, 0) is 27.6 Å². The lowest BCUT2D eigenvalue weighted by Gasteiger charge is -2.39. The van der Waals surface area contributed by atoms with Crippen LogP contribution in [0.1, 0.15) is 76.1 Å². The van der Waals surface area contributed by atoms with Crippen molar-refractivity contribution in [3.63, 3.8) is 0 Å². The third-order valence-corrected chi connectivity index (χ3v) is 6.41. The van der Waals surface area contributed by atoms with Crippen molar-refractivity contribution < 1.29 is 41.4 Å². The molecule has 1 aromatic carbocycles. The molecule has 2 aromatic rings. The summed E-state index contributed by atoms with van der Waals surface area (Å²) in [5, 5.41) is 0. The van der Waals surface area contributed by atoms with Crippen molar-refractivity contribution in [3.05, 3.63) is 47.0 Å². The van der Waals surface area contributed by atoms with Gasteiger partial charge in [0, 0.05) is 18.2 Å². The number of alkyl halides is 3. The van der Waals surface area contributed by atoms with Gasteiger partial charge in [-0.15, -0.1) is 0 Å². The van der Waals surface area contributed by atoms with E-state index in [-0.39, 0.29) is 36.2 Å². The molecule has 2 fully saturated rings. The summed E-state index contributed by atoms with van der Waals surface area (Å²) in [4.78, 5) is 31.1. The maximum atomic E-state index is 13.6. The Morgan fingerprint density at radius 2 is 1.80 bits per heavy atom. The minimum absolute atomic E-state index is 0.0338. The van der Waals surface area contributed by atoms with Gasteiger partial charge in [-0.1, -0.05) is 20.8 Å². The van der Waals surface area contributed by atoms with Gasteiger partial charge in [0.1, 0.15) is 23.2 Å². The quantitative estimate of drug-likeness (QED) is 0.486. The zero-order chi connectivity index (χ0) is 29.5. The van der Waals surface area contributed by atoms with Gasteiger partial charge in [0.15, 0.2) is 0 Å². The van der Waals surface area contributed by atoms with Gasteiger partial charge in [0.25, 0.3) is 5.91 Å². The number of carbonyl (C=O) groups is 2. The Kier molecular flexibility index (Phi) is 8.13. The van der Waals surface area contributed by atoms with E-state index in [0.717, 1.165) is 31.0 Å². The van der Waals surface area contributed by atoms with E-state index in [1.807, 2.05) is 20.8 Å². The summed E-state index contributed by atoms with van der Waals surface area (Å²) in [5.74, 6) is -0.446. The summed E-state index contributed by atoms with van der Waals surface area (Å²) in [6.07, 6.45) is -2.32. The van der Waals surface area contributed by atoms with Crippen molar-refractivity contribution in [2.45, 2.75) is 90.3 Å². The average molecular weight is 568 g/mol. The summed E-state index contributed by atoms with van der Waals surface area (Å²) < 4.78 is 65.1. The van der Waals surface area contributed by atoms with Gasteiger partial charge >= 0.3 is 18.0 Å². The van der Waals surface area contributed by atoms with Crippen LogP contribution >= 0.6 is 0 Å². The van der Waals surface area contributed by atoms with E-state index in [0.29, 0.717) is 18.9 Å². The molecule has 4 rings (SSSR count). The Hall–Kier alpha value is -3.28. The Labute approximate surface area is 230 Å². The molecule has 1 atom stereocenters. The highest BCUT2D eigenvalue weighted by Crippen LogP contribution is 2.34. The Balaban J connectivity index is 1.62. The van der Waals surface area contributed by atoms with E-state index < -0.39 is 40.9 Å². The molecule has 9 nitrogen and oxygen atoms in total. The van der Waals surface area contributed by atoms with Gasteiger partial charge in [0.05, 0.1) is 36.9 Å². The molecular weight excluding hydrogens is 531 g/mol. The van der Waals surface area contributed by atoms with Gasteiger partial charge in [-0.3, -0.25) is 9.36 Å². The zero-order valence-corrected chi connectivity index (χ0v) is 23.6. The summed E-state index contributed by atoms with van der Waals surface area (Å²) in [6, 6.07) is 2.67. The van der Waals surface area contributed by atoms with Crippen molar-refractivity contribution in [1.29, 1.82) is 0 Å². The van der Waals surface area contributed by atoms with Crippen molar-refractivity contribution >= 4 is 12.0 Å². The van der Waals surface area contributed by atoms with E-state index in [1.165, 1.54) is 4.90 Å². The number of aromatic nitrogens is 1. The molecule has 0 unspecified atom stereocenters. The van der Waals surface area contributed by atoms with E-state index in [1.54, 1.807) is 31.5 Å². The van der Waals surface area contributed by atoms with E-state index in [2.05, 4.69) is 4.99 Å². The van der Waals surface area contributed by atoms with Crippen LogP contribution in [0.15, 0.2) is 33.8 Å². The second kappa shape index (κ2) is 10.9. The predicted molar refractivity (Wildman–Crippen MR) is 138 cm³/mol. The third-order valence-electron chi connectivity index (χ3n) is 6.41. The van der Waals surface area contributed by atoms with Gasteiger partial charge in [0.2, 0.25) is 0 Å². The van der Waals surface area contributed by atoms with Crippen LogP contribution < -0.4 is 10.4 Å². The first-order valence-corrected chi connectivity index (χ1v) is 13.3. The second-order valence-corrected chi connectivity index (χ2v) is 12.2. The first-order chi connectivity index (χ1) is 18.5. The fourth-order valence-corrected chi connectivity index (χ4v) is 4.24. The number of rotatable bonds is 5. The standard InChI is InChI=1S/C28H36F3N3O6/c1-26(2,3)22-16-33(13-18-8-7-11-37-18)24(39-22)32-23(35)20-12-17(28(29,30)31)9-10-21(20)38-19-14-34(15-19)25(36)40-27(4,5)6/h9-10,12,16,18-19H,7-8,11,13-15H2,1-6H3/t18-/m1/s1. The maximum absolute atomic E-state index is 13.6. The first kappa shape index (κ1) is 29.7. The first-order valence-electron chi connectivity index (χ1n) is 13.3. The largest absolute Gasteiger partial charge is 0.486 e. The lowest BCUT2D eigenvalue weighted by Crippen LogP contribution is -2.57. The number of hydrogen-bond donors (Lipinski definition) is 0. The van der Waals surface area contributed by atoms with Crippen LogP contribution in [0, 0.1) is 0 Å². The molecule has 2 saturated heterocycles. The monoisotopic (exact) mass is 567 g/mol. The molecule has 40 heavy (non-hydrogen) atoms. The average Bonchev–Trinajstić information content (AvgIpc) is 3.44. The molecular formula is C28H36F3N3O6. The topological polar surface area (TPSA) is 95.5 Å². The Morgan fingerprint density at radius 1 is 1.10 bits per heavy atom. The van der Waals surface area contributed by atoms with Crippen molar-refractivity contribution in [3.8, 4) is 5.75 Å². The van der Waals surface area contributed by atoms with Crippen LogP contribution in [0.3, 0.4) is 0 Å². The molecule has 3 heterocycles. The van der Waals surface area contributed by atoms with Gasteiger partial charge in [-0.05, 0) is 51.8 Å². The molecule has 0 spiro atoms. The van der Waals surface area contributed by atoms with Gasteiger partial charge in [-0.2, -0.15) is 18.2 Å². The lowest BCUT2D eigenvalue weighted by atomic mass is 9.94. The fourth-order valence-electron chi connectivity index (χ4n) is 4.24. The Bertz CT molecular complexity index is 1300. The van der Waals surface area contributed by atoms with Gasteiger partial charge < -0.3 is 23.5 Å². The van der Waals surface area contributed by atoms with Crippen LogP contribution in [0.25, 0.3) is 0 Å². The number of nitrogens with zero attached hydrogens (tertiary/aromatic N) is 3. The maximum Gasteiger partial charge on any atom is 0.416 e. The molecule has 0 N–H and O–H groups in total. The zero-order valence-electron chi connectivity index (χ0n) is 23.6. The second-order valence-electron chi connectivity index (χ2n) is 12.2. The predicted octanol–water partition coefficient (Wildman–Crippen LogP) is 5.32. The minimum atomic E-state index is -4.68. The number of carbonyl (C=O) groups excluding carboxylic acids is 2. The molecule has 2 aliphatic heterocycles. The molecule has 2 amide bonds. The smallest absolute Gasteiger partial charge is 0.416 e. The van der Waals surface area contributed by atoms with E-state index in [9.17, 15) is 22.8 Å². The molecule has 12 heteroatoms. The number of amides is 2. The van der Waals surface area contributed by atoms with Crippen molar-refractivity contribution in [2.75, 3.05) is 19.7 Å². The van der Waals surface area contributed by atoms with Crippen LogP contribution in [-0.4, -0.2) is 59.0 Å². The summed E-state index contributed by atoms with van der Waals surface area (Å²) >= 11 is 0. The van der Waals surface area contributed by atoms with Crippen LogP contribution in [0.2, 0.25) is 0 Å². The fraction of sp³-hybridized carbons (Fsp3) is 0.607. The third kappa shape index (κ3) is 7.26. The molecule has 0 aliphatic carbocycles. The van der Waals surface area contributed by atoms with Crippen molar-refractivity contribution in [2.24, 2.45) is 4.99 Å². The highest BCUT2D eigenvalue weighted by atomic mass is 19.4. The summed E-state index contributed by atoms with van der Waals surface area (Å²) in [5.41, 5.74) is -2.47. The molecule has 220 valence electrons. The normalized spacial score (nSPS) is 19.1. The minimum Gasteiger partial charge on any atom is -0.486 e. The van der Waals surface area contributed by atoms with Crippen LogP contribution in [0.4, 0.5) is 18.0 Å². The van der Waals surface area contributed by atoms with E-state index in [4.69, 9.17) is 18.6 Å². The number of ether oxygens (including phenoxy) is 3. The number of oxazole rings is 1. The number of halogens is 3. The molecule has 2 aliphatic rings. The highest BCUT2D eigenvalue weighted by Gasteiger charge is 2.37. The number of benzene rings is 1. The highest BCUT2D eigenvalue weighted by molar-refractivity contribution is 5.97. The Morgan fingerprint density at radius 3 is 2.38 bits per heavy atom. The molecule has 0 saturated carbocycles. The van der Waals surface area contributed by atoms with Gasteiger partial charge in [-0.25, -0.2) is 4.79 Å². The summed E-state index contributed by atoms with van der Waals surface area (Å²) in [7, 11) is 0. The SMILES string of the molecule is CC(C)(C)OC(=O)N1CC(Oc2ccc(C(F)(F)F)cc2C(=O)N=c2oc(C(C)(C)C)cn2C[C@H]2CCCO2)C1. The lowest BCUT2D eigenvalue weighted by molar-refractivity contribution is -0.137. The number of hydrogen-bond acceptors (Lipinski definition) is 6. The molecule has 0 radical (unpaired) electrons. The number of likely N-dealkylation sites (tertiary alicyclic amines) is 1. The van der Waals surface area contributed by atoms with Crippen LogP contribution in [0.5, 0.6) is 5.75 Å². The van der Waals surface area contributed by atoms with Crippen molar-refractivity contribution in [1.82, 2.24) is 9.47 Å². The summed E-state index contributed by atoms with van der Waals surface area (Å²) in [6.45, 7) is 12.4.